The maximum atomic E-state index is 10.9. The van der Waals surface area contributed by atoms with E-state index in [-0.39, 0.29) is 5.56 Å². The van der Waals surface area contributed by atoms with Gasteiger partial charge in [0.15, 0.2) is 0 Å². The van der Waals surface area contributed by atoms with Crippen LogP contribution in [0.5, 0.6) is 5.75 Å². The lowest BCUT2D eigenvalue weighted by molar-refractivity contribution is 0.0696. The van der Waals surface area contributed by atoms with Crippen molar-refractivity contribution >= 4 is 5.97 Å². The SMILES string of the molecule is CCCOCc1cc(C(=O)O)ccc1OCC. The van der Waals surface area contributed by atoms with Crippen LogP contribution in [0.2, 0.25) is 0 Å². The number of carbonyl (C=O) groups is 1. The van der Waals surface area contributed by atoms with Crippen LogP contribution in [0.3, 0.4) is 0 Å². The summed E-state index contributed by atoms with van der Waals surface area (Å²) in [6.45, 7) is 5.50. The van der Waals surface area contributed by atoms with Crippen molar-refractivity contribution in [2.75, 3.05) is 13.2 Å². The highest BCUT2D eigenvalue weighted by Crippen LogP contribution is 2.21. The number of carboxylic acids is 1. The van der Waals surface area contributed by atoms with Crippen molar-refractivity contribution in [1.82, 2.24) is 0 Å². The standard InChI is InChI=1S/C13H18O4/c1-3-7-16-9-11-8-10(13(14)15)5-6-12(11)17-4-2/h5-6,8H,3-4,7,9H2,1-2H3,(H,14,15). The minimum absolute atomic E-state index is 0.253. The van der Waals surface area contributed by atoms with E-state index in [2.05, 4.69) is 0 Å². The normalized spacial score (nSPS) is 10.2. The first-order chi connectivity index (χ1) is 8.19. The van der Waals surface area contributed by atoms with Crippen LogP contribution in [-0.4, -0.2) is 24.3 Å². The molecule has 0 saturated carbocycles. The van der Waals surface area contributed by atoms with Crippen molar-refractivity contribution in [2.45, 2.75) is 26.9 Å². The molecule has 0 amide bonds. The highest BCUT2D eigenvalue weighted by molar-refractivity contribution is 5.88. The van der Waals surface area contributed by atoms with Gasteiger partial charge in [0.1, 0.15) is 5.75 Å². The highest BCUT2D eigenvalue weighted by Gasteiger charge is 2.09. The van der Waals surface area contributed by atoms with Gasteiger partial charge in [0.25, 0.3) is 0 Å². The van der Waals surface area contributed by atoms with Crippen molar-refractivity contribution in [3.63, 3.8) is 0 Å². The quantitative estimate of drug-likeness (QED) is 0.742. The fourth-order valence-electron chi connectivity index (χ4n) is 1.45. The summed E-state index contributed by atoms with van der Waals surface area (Å²) in [5.74, 6) is -0.251. The van der Waals surface area contributed by atoms with Crippen LogP contribution in [0.15, 0.2) is 18.2 Å². The third-order valence-electron chi connectivity index (χ3n) is 2.21. The molecule has 0 aliphatic rings. The number of aromatic carboxylic acids is 1. The molecule has 0 heterocycles. The van der Waals surface area contributed by atoms with E-state index in [1.54, 1.807) is 12.1 Å². The van der Waals surface area contributed by atoms with Crippen LogP contribution in [-0.2, 0) is 11.3 Å². The first-order valence-corrected chi connectivity index (χ1v) is 5.75. The molecule has 0 radical (unpaired) electrons. The van der Waals surface area contributed by atoms with Gasteiger partial charge >= 0.3 is 5.97 Å². The molecule has 1 aromatic carbocycles. The molecule has 4 nitrogen and oxygen atoms in total. The Bertz CT molecular complexity index is 374. The summed E-state index contributed by atoms with van der Waals surface area (Å²) in [6.07, 6.45) is 0.933. The number of benzene rings is 1. The molecular formula is C13H18O4. The first kappa shape index (κ1) is 13.5. The molecule has 0 spiro atoms. The number of ether oxygens (including phenoxy) is 2. The van der Waals surface area contributed by atoms with E-state index in [0.29, 0.717) is 25.6 Å². The zero-order valence-electron chi connectivity index (χ0n) is 10.2. The van der Waals surface area contributed by atoms with E-state index in [4.69, 9.17) is 14.6 Å². The van der Waals surface area contributed by atoms with Gasteiger partial charge in [0.2, 0.25) is 0 Å². The Labute approximate surface area is 101 Å². The van der Waals surface area contributed by atoms with Crippen molar-refractivity contribution in [2.24, 2.45) is 0 Å². The Morgan fingerprint density at radius 3 is 2.71 bits per heavy atom. The van der Waals surface area contributed by atoms with Crippen LogP contribution in [0, 0.1) is 0 Å². The van der Waals surface area contributed by atoms with Crippen LogP contribution >= 0.6 is 0 Å². The summed E-state index contributed by atoms with van der Waals surface area (Å²) in [5, 5.41) is 8.92. The van der Waals surface area contributed by atoms with Crippen molar-refractivity contribution in [3.05, 3.63) is 29.3 Å². The molecule has 0 aliphatic carbocycles. The summed E-state index contributed by atoms with van der Waals surface area (Å²) in [4.78, 5) is 10.9. The monoisotopic (exact) mass is 238 g/mol. The first-order valence-electron chi connectivity index (χ1n) is 5.75. The molecule has 1 rings (SSSR count). The molecule has 1 aromatic rings. The summed E-state index contributed by atoms with van der Waals surface area (Å²) in [6, 6.07) is 4.82. The minimum Gasteiger partial charge on any atom is -0.494 e. The molecule has 0 fully saturated rings. The Kier molecular flexibility index (Phi) is 5.49. The van der Waals surface area contributed by atoms with E-state index < -0.39 is 5.97 Å². The van der Waals surface area contributed by atoms with E-state index in [9.17, 15) is 4.79 Å². The fraction of sp³-hybridized carbons (Fsp3) is 0.462. The predicted octanol–water partition coefficient (Wildman–Crippen LogP) is 2.71. The van der Waals surface area contributed by atoms with Crippen LogP contribution in [0.4, 0.5) is 0 Å². The second kappa shape index (κ2) is 6.91. The smallest absolute Gasteiger partial charge is 0.335 e. The van der Waals surface area contributed by atoms with E-state index in [0.717, 1.165) is 12.0 Å². The summed E-state index contributed by atoms with van der Waals surface area (Å²) >= 11 is 0. The lowest BCUT2D eigenvalue weighted by atomic mass is 10.1. The minimum atomic E-state index is -0.940. The lowest BCUT2D eigenvalue weighted by Crippen LogP contribution is -2.03. The van der Waals surface area contributed by atoms with E-state index >= 15 is 0 Å². The van der Waals surface area contributed by atoms with Gasteiger partial charge in [-0.2, -0.15) is 0 Å². The van der Waals surface area contributed by atoms with Crippen molar-refractivity contribution in [3.8, 4) is 5.75 Å². The van der Waals surface area contributed by atoms with Crippen LogP contribution < -0.4 is 4.74 Å². The van der Waals surface area contributed by atoms with Crippen LogP contribution in [0.1, 0.15) is 36.2 Å². The molecule has 0 atom stereocenters. The second-order valence-electron chi connectivity index (χ2n) is 3.61. The molecule has 0 unspecified atom stereocenters. The number of hydrogen-bond acceptors (Lipinski definition) is 3. The Hall–Kier alpha value is -1.55. The molecule has 17 heavy (non-hydrogen) atoms. The number of hydrogen-bond donors (Lipinski definition) is 1. The molecular weight excluding hydrogens is 220 g/mol. The number of rotatable bonds is 7. The summed E-state index contributed by atoms with van der Waals surface area (Å²) in [5.41, 5.74) is 1.03. The van der Waals surface area contributed by atoms with Gasteiger partial charge in [0, 0.05) is 12.2 Å². The molecule has 0 aliphatic heterocycles. The van der Waals surface area contributed by atoms with Gasteiger partial charge < -0.3 is 14.6 Å². The van der Waals surface area contributed by atoms with Gasteiger partial charge in [-0.1, -0.05) is 6.92 Å². The maximum Gasteiger partial charge on any atom is 0.335 e. The zero-order valence-corrected chi connectivity index (χ0v) is 10.2. The largest absolute Gasteiger partial charge is 0.494 e. The third kappa shape index (κ3) is 4.07. The fourth-order valence-corrected chi connectivity index (χ4v) is 1.45. The molecule has 0 saturated heterocycles. The Balaban J connectivity index is 2.86. The van der Waals surface area contributed by atoms with Crippen molar-refractivity contribution in [1.29, 1.82) is 0 Å². The third-order valence-corrected chi connectivity index (χ3v) is 2.21. The number of carboxylic acid groups (broad SMARTS) is 1. The summed E-state index contributed by atoms with van der Waals surface area (Å²) < 4.78 is 10.8. The second-order valence-corrected chi connectivity index (χ2v) is 3.61. The average molecular weight is 238 g/mol. The predicted molar refractivity (Wildman–Crippen MR) is 64.5 cm³/mol. The van der Waals surface area contributed by atoms with Gasteiger partial charge in [-0.3, -0.25) is 0 Å². The van der Waals surface area contributed by atoms with E-state index in [1.165, 1.54) is 6.07 Å². The highest BCUT2D eigenvalue weighted by atomic mass is 16.5. The van der Waals surface area contributed by atoms with E-state index in [1.807, 2.05) is 13.8 Å². The average Bonchev–Trinajstić information content (AvgIpc) is 2.31. The molecule has 4 heteroatoms. The van der Waals surface area contributed by atoms with Gasteiger partial charge in [0.05, 0.1) is 18.8 Å². The molecule has 0 aromatic heterocycles. The van der Waals surface area contributed by atoms with Gasteiger partial charge in [-0.15, -0.1) is 0 Å². The Morgan fingerprint density at radius 1 is 1.35 bits per heavy atom. The molecule has 94 valence electrons. The lowest BCUT2D eigenvalue weighted by Gasteiger charge is -2.11. The zero-order chi connectivity index (χ0) is 12.7. The maximum absolute atomic E-state index is 10.9. The molecule has 1 N–H and O–H groups in total. The summed E-state index contributed by atoms with van der Waals surface area (Å²) in [7, 11) is 0. The van der Waals surface area contributed by atoms with Gasteiger partial charge in [-0.25, -0.2) is 4.79 Å². The van der Waals surface area contributed by atoms with Crippen LogP contribution in [0.25, 0.3) is 0 Å². The molecule has 0 bridgehead atoms. The Morgan fingerprint density at radius 2 is 2.12 bits per heavy atom. The van der Waals surface area contributed by atoms with Crippen molar-refractivity contribution < 1.29 is 19.4 Å². The topological polar surface area (TPSA) is 55.8 Å². The van der Waals surface area contributed by atoms with Gasteiger partial charge in [-0.05, 0) is 31.5 Å².